The molecule has 3 nitrogen and oxygen atoms in total. The molecular weight excluding hydrogens is 337 g/mol. The molecule has 2 aromatic carbocycles. The molecule has 1 heterocycles. The van der Waals surface area contributed by atoms with E-state index in [1.165, 1.54) is 11.6 Å². The van der Waals surface area contributed by atoms with Crippen LogP contribution in [-0.4, -0.2) is 24.8 Å². The van der Waals surface area contributed by atoms with Crippen LogP contribution in [0.2, 0.25) is 0 Å². The lowest BCUT2D eigenvalue weighted by Gasteiger charge is -2.04. The minimum absolute atomic E-state index is 0.122. The van der Waals surface area contributed by atoms with E-state index in [9.17, 15) is 9.18 Å². The van der Waals surface area contributed by atoms with Gasteiger partial charge in [0.2, 0.25) is 5.91 Å². The third-order valence-electron chi connectivity index (χ3n) is 3.90. The number of benzene rings is 2. The molecule has 25 heavy (non-hydrogen) atoms. The SMILES string of the molecule is O=C(/C=C/c1ccc2c(c1)CCO2)NCCSCc1ccccc1F. The van der Waals surface area contributed by atoms with Gasteiger partial charge in [-0.3, -0.25) is 4.79 Å². The number of amides is 1. The lowest BCUT2D eigenvalue weighted by Crippen LogP contribution is -2.23. The van der Waals surface area contributed by atoms with Crippen molar-refractivity contribution in [2.45, 2.75) is 12.2 Å². The molecule has 5 heteroatoms. The zero-order valence-corrected chi connectivity index (χ0v) is 14.7. The number of hydrogen-bond donors (Lipinski definition) is 1. The number of thioether (sulfide) groups is 1. The van der Waals surface area contributed by atoms with E-state index in [0.29, 0.717) is 17.9 Å². The van der Waals surface area contributed by atoms with Crippen LogP contribution >= 0.6 is 11.8 Å². The first-order chi connectivity index (χ1) is 12.2. The Labute approximate surface area is 151 Å². The minimum atomic E-state index is -0.179. The quantitative estimate of drug-likeness (QED) is 0.605. The fourth-order valence-electron chi connectivity index (χ4n) is 2.58. The summed E-state index contributed by atoms with van der Waals surface area (Å²) in [6, 6.07) is 12.7. The van der Waals surface area contributed by atoms with Crippen LogP contribution in [0.1, 0.15) is 16.7 Å². The van der Waals surface area contributed by atoms with Crippen molar-refractivity contribution in [2.24, 2.45) is 0 Å². The highest BCUT2D eigenvalue weighted by Crippen LogP contribution is 2.26. The molecule has 3 rings (SSSR count). The fraction of sp³-hybridized carbons (Fsp3) is 0.250. The van der Waals surface area contributed by atoms with Crippen molar-refractivity contribution in [2.75, 3.05) is 18.9 Å². The standard InChI is InChI=1S/C20H20FNO2S/c21-18-4-2-1-3-17(18)14-25-12-10-22-20(23)8-6-15-5-7-19-16(13-15)9-11-24-19/h1-8,13H,9-12,14H2,(H,22,23)/b8-6+. The molecule has 1 aliphatic heterocycles. The second-order valence-corrected chi connectivity index (χ2v) is 6.84. The third kappa shape index (κ3) is 5.10. The van der Waals surface area contributed by atoms with Crippen LogP contribution in [-0.2, 0) is 17.0 Å². The van der Waals surface area contributed by atoms with E-state index in [1.807, 2.05) is 18.2 Å². The summed E-state index contributed by atoms with van der Waals surface area (Å²) in [5.74, 6) is 1.98. The van der Waals surface area contributed by atoms with Crippen LogP contribution in [0, 0.1) is 5.82 Å². The van der Waals surface area contributed by atoms with Crippen molar-refractivity contribution >= 4 is 23.7 Å². The second-order valence-electron chi connectivity index (χ2n) is 5.73. The molecule has 0 radical (unpaired) electrons. The van der Waals surface area contributed by atoms with E-state index in [1.54, 1.807) is 36.0 Å². The molecule has 130 valence electrons. The van der Waals surface area contributed by atoms with E-state index in [4.69, 9.17) is 4.74 Å². The first-order valence-electron chi connectivity index (χ1n) is 8.25. The minimum Gasteiger partial charge on any atom is -0.493 e. The van der Waals surface area contributed by atoms with Gasteiger partial charge in [0, 0.05) is 30.5 Å². The van der Waals surface area contributed by atoms with Gasteiger partial charge in [-0.1, -0.05) is 24.3 Å². The Morgan fingerprint density at radius 1 is 1.28 bits per heavy atom. The van der Waals surface area contributed by atoms with E-state index in [2.05, 4.69) is 11.4 Å². The smallest absolute Gasteiger partial charge is 0.244 e. The van der Waals surface area contributed by atoms with E-state index >= 15 is 0 Å². The van der Waals surface area contributed by atoms with Crippen molar-refractivity contribution in [3.05, 3.63) is 71.0 Å². The van der Waals surface area contributed by atoms with Crippen LogP contribution in [0.4, 0.5) is 4.39 Å². The summed E-state index contributed by atoms with van der Waals surface area (Å²) in [5, 5.41) is 2.84. The van der Waals surface area contributed by atoms with Crippen molar-refractivity contribution in [3.63, 3.8) is 0 Å². The molecule has 0 fully saturated rings. The van der Waals surface area contributed by atoms with E-state index in [-0.39, 0.29) is 11.7 Å². The fourth-order valence-corrected chi connectivity index (χ4v) is 3.43. The van der Waals surface area contributed by atoms with Gasteiger partial charge in [-0.05, 0) is 41.0 Å². The number of carbonyl (C=O) groups excluding carboxylic acids is 1. The van der Waals surface area contributed by atoms with Gasteiger partial charge >= 0.3 is 0 Å². The summed E-state index contributed by atoms with van der Waals surface area (Å²) >= 11 is 1.60. The van der Waals surface area contributed by atoms with Gasteiger partial charge in [0.1, 0.15) is 11.6 Å². The molecular formula is C20H20FNO2S. The zero-order chi connectivity index (χ0) is 17.5. The van der Waals surface area contributed by atoms with Crippen molar-refractivity contribution in [3.8, 4) is 5.75 Å². The van der Waals surface area contributed by atoms with E-state index in [0.717, 1.165) is 30.1 Å². The Hall–Kier alpha value is -2.27. The maximum Gasteiger partial charge on any atom is 0.244 e. The molecule has 1 amide bonds. The Morgan fingerprint density at radius 3 is 3.04 bits per heavy atom. The molecule has 1 aliphatic rings. The lowest BCUT2D eigenvalue weighted by atomic mass is 10.1. The van der Waals surface area contributed by atoms with Crippen LogP contribution in [0.25, 0.3) is 6.08 Å². The average molecular weight is 357 g/mol. The Morgan fingerprint density at radius 2 is 2.16 bits per heavy atom. The number of nitrogens with one attached hydrogen (secondary N) is 1. The molecule has 0 aromatic heterocycles. The summed E-state index contributed by atoms with van der Waals surface area (Å²) in [6.45, 7) is 1.29. The molecule has 2 aromatic rings. The number of ether oxygens (including phenoxy) is 1. The summed E-state index contributed by atoms with van der Waals surface area (Å²) in [5.41, 5.74) is 2.87. The molecule has 0 unspecified atom stereocenters. The number of carbonyl (C=O) groups is 1. The average Bonchev–Trinajstić information content (AvgIpc) is 3.09. The lowest BCUT2D eigenvalue weighted by molar-refractivity contribution is -0.116. The van der Waals surface area contributed by atoms with E-state index < -0.39 is 0 Å². The monoisotopic (exact) mass is 357 g/mol. The predicted octanol–water partition coefficient (Wildman–Crippen LogP) is 3.82. The Bertz CT molecular complexity index is 776. The summed E-state index contributed by atoms with van der Waals surface area (Å²) in [4.78, 5) is 11.8. The van der Waals surface area contributed by atoms with Gasteiger partial charge in [-0.25, -0.2) is 4.39 Å². The van der Waals surface area contributed by atoms with Crippen molar-refractivity contribution in [1.29, 1.82) is 0 Å². The Balaban J connectivity index is 1.37. The first kappa shape index (κ1) is 17.5. The van der Waals surface area contributed by atoms with Crippen LogP contribution < -0.4 is 10.1 Å². The molecule has 0 spiro atoms. The molecule has 0 saturated carbocycles. The van der Waals surface area contributed by atoms with Crippen molar-refractivity contribution in [1.82, 2.24) is 5.32 Å². The summed E-state index contributed by atoms with van der Waals surface area (Å²) < 4.78 is 18.9. The normalized spacial score (nSPS) is 12.8. The maximum atomic E-state index is 13.5. The van der Waals surface area contributed by atoms with Gasteiger partial charge in [0.15, 0.2) is 0 Å². The van der Waals surface area contributed by atoms with Crippen LogP contribution in [0.15, 0.2) is 48.5 Å². The first-order valence-corrected chi connectivity index (χ1v) is 9.40. The summed E-state index contributed by atoms with van der Waals surface area (Å²) in [6.07, 6.45) is 4.27. The van der Waals surface area contributed by atoms with Gasteiger partial charge in [0.05, 0.1) is 6.61 Å². The number of rotatable bonds is 7. The highest BCUT2D eigenvalue weighted by Gasteiger charge is 2.11. The zero-order valence-electron chi connectivity index (χ0n) is 13.8. The van der Waals surface area contributed by atoms with Crippen LogP contribution in [0.3, 0.4) is 0 Å². The predicted molar refractivity (Wildman–Crippen MR) is 100 cm³/mol. The van der Waals surface area contributed by atoms with Crippen LogP contribution in [0.5, 0.6) is 5.75 Å². The highest BCUT2D eigenvalue weighted by molar-refractivity contribution is 7.98. The number of fused-ring (bicyclic) bond motifs is 1. The van der Waals surface area contributed by atoms with Gasteiger partial charge < -0.3 is 10.1 Å². The molecule has 0 aliphatic carbocycles. The number of hydrogen-bond acceptors (Lipinski definition) is 3. The topological polar surface area (TPSA) is 38.3 Å². The second kappa shape index (κ2) is 8.72. The maximum absolute atomic E-state index is 13.5. The van der Waals surface area contributed by atoms with Crippen molar-refractivity contribution < 1.29 is 13.9 Å². The largest absolute Gasteiger partial charge is 0.493 e. The highest BCUT2D eigenvalue weighted by atomic mass is 32.2. The summed E-state index contributed by atoms with van der Waals surface area (Å²) in [7, 11) is 0. The Kier molecular flexibility index (Phi) is 6.12. The third-order valence-corrected chi connectivity index (χ3v) is 4.91. The molecule has 0 bridgehead atoms. The number of halogens is 1. The molecule has 0 saturated heterocycles. The molecule has 0 atom stereocenters. The molecule has 1 N–H and O–H groups in total. The van der Waals surface area contributed by atoms with Gasteiger partial charge in [-0.15, -0.1) is 0 Å². The van der Waals surface area contributed by atoms with Gasteiger partial charge in [-0.2, -0.15) is 11.8 Å². The van der Waals surface area contributed by atoms with Gasteiger partial charge in [0.25, 0.3) is 0 Å².